The second-order valence-electron chi connectivity index (χ2n) is 6.26. The van der Waals surface area contributed by atoms with Crippen LogP contribution in [0, 0.1) is 0 Å². The number of rotatable bonds is 8. The van der Waals surface area contributed by atoms with Crippen LogP contribution in [0.1, 0.15) is 23.0 Å². The van der Waals surface area contributed by atoms with E-state index < -0.39 is 0 Å². The normalized spacial score (nSPS) is 13.9. The number of methoxy groups -OCH3 is 2. The van der Waals surface area contributed by atoms with Gasteiger partial charge >= 0.3 is 0 Å². The minimum Gasteiger partial charge on any atom is -0.491 e. The van der Waals surface area contributed by atoms with Crippen molar-refractivity contribution >= 4 is 12.1 Å². The van der Waals surface area contributed by atoms with Crippen molar-refractivity contribution in [2.75, 3.05) is 34.5 Å². The third-order valence-electron chi connectivity index (χ3n) is 4.49. The minimum atomic E-state index is -0.0790. The van der Waals surface area contributed by atoms with Crippen molar-refractivity contribution in [1.29, 1.82) is 0 Å². The predicted octanol–water partition coefficient (Wildman–Crippen LogP) is 2.74. The number of allylic oxidation sites excluding steroid dienone is 2. The van der Waals surface area contributed by atoms with Gasteiger partial charge in [0.05, 0.1) is 42.9 Å². The second-order valence-corrected chi connectivity index (χ2v) is 6.26. The summed E-state index contributed by atoms with van der Waals surface area (Å²) in [5, 5.41) is 0. The number of nitrogens with zero attached hydrogens (tertiary/aromatic N) is 4. The number of fused-ring (bicyclic) bond motifs is 1. The number of hydrogen-bond donors (Lipinski definition) is 0. The Morgan fingerprint density at radius 1 is 1.31 bits per heavy atom. The summed E-state index contributed by atoms with van der Waals surface area (Å²) < 4.78 is 16.0. The summed E-state index contributed by atoms with van der Waals surface area (Å²) >= 11 is 0. The zero-order chi connectivity index (χ0) is 20.8. The molecule has 29 heavy (non-hydrogen) atoms. The highest BCUT2D eigenvalue weighted by molar-refractivity contribution is 6.02. The Morgan fingerprint density at radius 3 is 2.83 bits per heavy atom. The molecule has 0 saturated heterocycles. The van der Waals surface area contributed by atoms with Crippen LogP contribution in [-0.4, -0.2) is 61.5 Å². The van der Waals surface area contributed by atoms with Gasteiger partial charge in [-0.25, -0.2) is 4.98 Å². The highest BCUT2D eigenvalue weighted by atomic mass is 16.5. The van der Waals surface area contributed by atoms with Crippen molar-refractivity contribution in [2.24, 2.45) is 4.99 Å². The van der Waals surface area contributed by atoms with Gasteiger partial charge in [0, 0.05) is 32.1 Å². The maximum Gasteiger partial charge on any atom is 0.260 e. The molecule has 0 N–H and O–H groups in total. The number of pyridine rings is 2. The summed E-state index contributed by atoms with van der Waals surface area (Å²) in [7, 11) is 4.85. The molecule has 0 aliphatic carbocycles. The molecule has 0 aromatic carbocycles. The van der Waals surface area contributed by atoms with E-state index in [0.717, 1.165) is 17.0 Å². The fourth-order valence-electron chi connectivity index (χ4n) is 3.03. The molecule has 3 rings (SSSR count). The van der Waals surface area contributed by atoms with Crippen LogP contribution in [-0.2, 0) is 11.3 Å². The highest BCUT2D eigenvalue weighted by Gasteiger charge is 2.30. The number of hydrogen-bond acceptors (Lipinski definition) is 7. The molecule has 0 bridgehead atoms. The minimum absolute atomic E-state index is 0.0790. The van der Waals surface area contributed by atoms with Crippen LogP contribution in [0.25, 0.3) is 11.3 Å². The smallest absolute Gasteiger partial charge is 0.260 e. The first-order valence-corrected chi connectivity index (χ1v) is 9.19. The summed E-state index contributed by atoms with van der Waals surface area (Å²) in [6.45, 7) is 3.11. The van der Waals surface area contributed by atoms with Crippen LogP contribution in [0.5, 0.6) is 11.6 Å². The second kappa shape index (κ2) is 9.29. The molecule has 0 fully saturated rings. The standard InChI is InChI=1S/C21H24N4O4/c1-5-15(12-22-2)25-13-18-16(21(25)26)6-7-17(24-18)14-10-19(28-4)20(23-11-14)29-9-8-27-3/h5-7,10-12H,8-9,13H2,1-4H3/b15-5+,22-12?. The van der Waals surface area contributed by atoms with Gasteiger partial charge in [-0.2, -0.15) is 0 Å². The number of carbonyl (C=O) groups excluding carboxylic acids is 1. The van der Waals surface area contributed by atoms with Gasteiger partial charge < -0.3 is 19.1 Å². The maximum absolute atomic E-state index is 12.7. The van der Waals surface area contributed by atoms with Crippen molar-refractivity contribution in [3.63, 3.8) is 0 Å². The van der Waals surface area contributed by atoms with Crippen LogP contribution in [0.4, 0.5) is 0 Å². The summed E-state index contributed by atoms with van der Waals surface area (Å²) in [5.41, 5.74) is 3.54. The van der Waals surface area contributed by atoms with E-state index in [9.17, 15) is 4.79 Å². The molecule has 1 amide bonds. The van der Waals surface area contributed by atoms with Gasteiger partial charge in [-0.1, -0.05) is 6.08 Å². The monoisotopic (exact) mass is 396 g/mol. The van der Waals surface area contributed by atoms with Gasteiger partial charge in [0.25, 0.3) is 11.8 Å². The average Bonchev–Trinajstić information content (AvgIpc) is 3.08. The summed E-state index contributed by atoms with van der Waals surface area (Å²) in [5.74, 6) is 0.825. The van der Waals surface area contributed by atoms with E-state index >= 15 is 0 Å². The van der Waals surface area contributed by atoms with E-state index in [1.54, 1.807) is 44.6 Å². The Bertz CT molecular complexity index is 956. The van der Waals surface area contributed by atoms with Gasteiger partial charge in [0.15, 0.2) is 5.75 Å². The Labute approximate surface area is 169 Å². The lowest BCUT2D eigenvalue weighted by molar-refractivity contribution is 0.0834. The Balaban J connectivity index is 1.87. The summed E-state index contributed by atoms with van der Waals surface area (Å²) in [6.07, 6.45) is 5.20. The van der Waals surface area contributed by atoms with Crippen molar-refractivity contribution in [3.05, 3.63) is 47.4 Å². The van der Waals surface area contributed by atoms with E-state index in [0.29, 0.717) is 42.6 Å². The lowest BCUT2D eigenvalue weighted by atomic mass is 10.1. The van der Waals surface area contributed by atoms with E-state index in [-0.39, 0.29) is 5.91 Å². The van der Waals surface area contributed by atoms with Crippen LogP contribution in [0.15, 0.2) is 41.2 Å². The molecule has 0 saturated carbocycles. The molecule has 2 aromatic rings. The molecule has 8 nitrogen and oxygen atoms in total. The van der Waals surface area contributed by atoms with Crippen LogP contribution in [0.3, 0.4) is 0 Å². The Morgan fingerprint density at radius 2 is 2.14 bits per heavy atom. The maximum atomic E-state index is 12.7. The molecular formula is C21H24N4O4. The van der Waals surface area contributed by atoms with Crippen molar-refractivity contribution in [2.45, 2.75) is 13.5 Å². The molecular weight excluding hydrogens is 372 g/mol. The zero-order valence-electron chi connectivity index (χ0n) is 17.0. The molecule has 8 heteroatoms. The van der Waals surface area contributed by atoms with Gasteiger partial charge in [0.1, 0.15) is 6.61 Å². The largest absolute Gasteiger partial charge is 0.491 e. The van der Waals surface area contributed by atoms with Crippen LogP contribution >= 0.6 is 0 Å². The molecule has 1 aliphatic heterocycles. The summed E-state index contributed by atoms with van der Waals surface area (Å²) in [4.78, 5) is 27.4. The Hall–Kier alpha value is -3.26. The van der Waals surface area contributed by atoms with Crippen LogP contribution < -0.4 is 9.47 Å². The molecule has 0 atom stereocenters. The predicted molar refractivity (Wildman–Crippen MR) is 109 cm³/mol. The number of carbonyl (C=O) groups is 1. The SMILES string of the molecule is C/C=C(\C=NC)N1Cc2nc(-c3cnc(OCCOC)c(OC)c3)ccc2C1=O. The van der Waals surface area contributed by atoms with Gasteiger partial charge in [-0.05, 0) is 25.1 Å². The third-order valence-corrected chi connectivity index (χ3v) is 4.49. The first kappa shape index (κ1) is 20.5. The van der Waals surface area contributed by atoms with Gasteiger partial charge in [-0.3, -0.25) is 14.8 Å². The molecule has 2 aromatic heterocycles. The van der Waals surface area contributed by atoms with Crippen molar-refractivity contribution in [3.8, 4) is 22.9 Å². The van der Waals surface area contributed by atoms with Gasteiger partial charge in [0.2, 0.25) is 0 Å². The lowest BCUT2D eigenvalue weighted by Gasteiger charge is -2.15. The lowest BCUT2D eigenvalue weighted by Crippen LogP contribution is -2.23. The highest BCUT2D eigenvalue weighted by Crippen LogP contribution is 2.31. The van der Waals surface area contributed by atoms with E-state index in [1.807, 2.05) is 25.1 Å². The molecule has 0 radical (unpaired) electrons. The zero-order valence-corrected chi connectivity index (χ0v) is 17.0. The molecule has 0 spiro atoms. The van der Waals surface area contributed by atoms with Crippen molar-refractivity contribution < 1.29 is 19.0 Å². The quantitative estimate of drug-likeness (QED) is 0.504. The molecule has 0 unspecified atom stereocenters. The Kier molecular flexibility index (Phi) is 6.56. The van der Waals surface area contributed by atoms with Crippen LogP contribution in [0.2, 0.25) is 0 Å². The van der Waals surface area contributed by atoms with E-state index in [4.69, 9.17) is 19.2 Å². The number of ether oxygens (including phenoxy) is 3. The molecule has 3 heterocycles. The first-order chi connectivity index (χ1) is 14.1. The number of amides is 1. The third kappa shape index (κ3) is 4.27. The average molecular weight is 396 g/mol. The fourth-order valence-corrected chi connectivity index (χ4v) is 3.03. The molecule has 152 valence electrons. The fraction of sp³-hybridized carbons (Fsp3) is 0.333. The van der Waals surface area contributed by atoms with E-state index in [2.05, 4.69) is 9.98 Å². The van der Waals surface area contributed by atoms with Crippen molar-refractivity contribution in [1.82, 2.24) is 14.9 Å². The number of aromatic nitrogens is 2. The van der Waals surface area contributed by atoms with E-state index in [1.165, 1.54) is 0 Å². The molecule has 1 aliphatic rings. The summed E-state index contributed by atoms with van der Waals surface area (Å²) in [6, 6.07) is 5.43. The topological polar surface area (TPSA) is 86.1 Å². The van der Waals surface area contributed by atoms with Gasteiger partial charge in [-0.15, -0.1) is 0 Å². The number of aliphatic imine (C=N–C) groups is 1. The first-order valence-electron chi connectivity index (χ1n) is 9.19.